The van der Waals surface area contributed by atoms with Gasteiger partial charge in [0.25, 0.3) is 0 Å². The molecule has 0 aliphatic carbocycles. The number of nitrogens with one attached hydrogen (secondary N) is 1. The van der Waals surface area contributed by atoms with Gasteiger partial charge in [0.05, 0.1) is 0 Å². The van der Waals surface area contributed by atoms with Crippen LogP contribution in [-0.2, 0) is 0 Å². The molecule has 2 unspecified atom stereocenters. The zero-order chi connectivity index (χ0) is 13.5. The first-order valence-corrected chi connectivity index (χ1v) is 8.06. The van der Waals surface area contributed by atoms with Gasteiger partial charge in [0.2, 0.25) is 0 Å². The van der Waals surface area contributed by atoms with Gasteiger partial charge < -0.3 is 5.32 Å². The molecule has 102 valence electrons. The largest absolute Gasteiger partial charge is 0.309 e. The number of hydrogen-bond donors (Lipinski definition) is 1. The maximum Gasteiger partial charge on any atom is 0.0484 e. The van der Waals surface area contributed by atoms with Crippen molar-refractivity contribution >= 4 is 11.3 Å². The van der Waals surface area contributed by atoms with Crippen LogP contribution >= 0.6 is 11.3 Å². The summed E-state index contributed by atoms with van der Waals surface area (Å²) in [7, 11) is 0. The predicted octanol–water partition coefficient (Wildman–Crippen LogP) is 4.98. The van der Waals surface area contributed by atoms with Gasteiger partial charge in [-0.05, 0) is 36.4 Å². The third-order valence-corrected chi connectivity index (χ3v) is 4.49. The summed E-state index contributed by atoms with van der Waals surface area (Å²) in [5.41, 5.74) is 1.44. The van der Waals surface area contributed by atoms with Crippen molar-refractivity contribution in [2.75, 3.05) is 6.54 Å². The molecule has 2 aromatic rings. The Morgan fingerprint density at radius 2 is 1.84 bits per heavy atom. The molecule has 0 fully saturated rings. The smallest absolute Gasteiger partial charge is 0.0484 e. The second-order valence-electron chi connectivity index (χ2n) is 4.87. The third kappa shape index (κ3) is 3.68. The normalized spacial score (nSPS) is 14.2. The van der Waals surface area contributed by atoms with E-state index in [4.69, 9.17) is 0 Å². The number of thiophene rings is 1. The molecule has 2 heteroatoms. The average Bonchev–Trinajstić information content (AvgIpc) is 2.98. The van der Waals surface area contributed by atoms with Crippen LogP contribution in [0.25, 0.3) is 0 Å². The minimum atomic E-state index is 0.437. The summed E-state index contributed by atoms with van der Waals surface area (Å²) < 4.78 is 0. The van der Waals surface area contributed by atoms with E-state index in [1.165, 1.54) is 16.9 Å². The van der Waals surface area contributed by atoms with Crippen LogP contribution in [0.5, 0.6) is 0 Å². The van der Waals surface area contributed by atoms with E-state index in [1.54, 1.807) is 0 Å². The maximum atomic E-state index is 3.73. The minimum Gasteiger partial charge on any atom is -0.309 e. The summed E-state index contributed by atoms with van der Waals surface area (Å²) in [4.78, 5) is 1.45. The molecule has 1 heterocycles. The molecule has 0 saturated carbocycles. The summed E-state index contributed by atoms with van der Waals surface area (Å²) in [6.07, 6.45) is 2.33. The molecule has 1 N–H and O–H groups in total. The predicted molar refractivity (Wildman–Crippen MR) is 84.8 cm³/mol. The molecular weight excluding hydrogens is 250 g/mol. The Balaban J connectivity index is 2.25. The van der Waals surface area contributed by atoms with Crippen LogP contribution in [0.15, 0.2) is 47.8 Å². The minimum absolute atomic E-state index is 0.437. The highest BCUT2D eigenvalue weighted by atomic mass is 32.1. The summed E-state index contributed by atoms with van der Waals surface area (Å²) in [5.74, 6) is 0.548. The van der Waals surface area contributed by atoms with Crippen molar-refractivity contribution < 1.29 is 0 Å². The van der Waals surface area contributed by atoms with Crippen molar-refractivity contribution in [1.29, 1.82) is 0 Å². The Hall–Kier alpha value is -1.12. The van der Waals surface area contributed by atoms with E-state index in [0.717, 1.165) is 13.0 Å². The summed E-state index contributed by atoms with van der Waals surface area (Å²) in [5, 5.41) is 5.91. The molecule has 0 spiro atoms. The van der Waals surface area contributed by atoms with Crippen molar-refractivity contribution in [2.24, 2.45) is 0 Å². The lowest BCUT2D eigenvalue weighted by Crippen LogP contribution is -2.27. The molecule has 0 aliphatic heterocycles. The number of hydrogen-bond acceptors (Lipinski definition) is 2. The molecule has 0 aliphatic rings. The standard InChI is InChI=1S/C17H23NS/c1-3-12-18-17(16-11-8-13-19-16)15(4-2)14-9-6-5-7-10-14/h5-11,13,15,17-18H,3-4,12H2,1-2H3. The molecule has 2 rings (SSSR count). The van der Waals surface area contributed by atoms with Crippen LogP contribution in [0.2, 0.25) is 0 Å². The van der Waals surface area contributed by atoms with Crippen LogP contribution in [0.4, 0.5) is 0 Å². The highest BCUT2D eigenvalue weighted by Gasteiger charge is 2.23. The Morgan fingerprint density at radius 3 is 2.42 bits per heavy atom. The first-order valence-electron chi connectivity index (χ1n) is 7.18. The molecule has 1 aromatic carbocycles. The van der Waals surface area contributed by atoms with Crippen molar-refractivity contribution in [3.05, 3.63) is 58.3 Å². The van der Waals surface area contributed by atoms with E-state index in [9.17, 15) is 0 Å². The van der Waals surface area contributed by atoms with Crippen molar-refractivity contribution in [1.82, 2.24) is 5.32 Å². The monoisotopic (exact) mass is 273 g/mol. The van der Waals surface area contributed by atoms with E-state index in [-0.39, 0.29) is 0 Å². The molecule has 19 heavy (non-hydrogen) atoms. The van der Waals surface area contributed by atoms with E-state index < -0.39 is 0 Å². The number of benzene rings is 1. The van der Waals surface area contributed by atoms with Gasteiger partial charge in [0.1, 0.15) is 0 Å². The fourth-order valence-corrected chi connectivity index (χ4v) is 3.44. The highest BCUT2D eigenvalue weighted by molar-refractivity contribution is 7.10. The Morgan fingerprint density at radius 1 is 1.05 bits per heavy atom. The summed E-state index contributed by atoms with van der Waals surface area (Å²) >= 11 is 1.86. The fraction of sp³-hybridized carbons (Fsp3) is 0.412. The Labute approximate surface area is 120 Å². The zero-order valence-corrected chi connectivity index (χ0v) is 12.6. The van der Waals surface area contributed by atoms with Crippen LogP contribution in [0.1, 0.15) is 49.1 Å². The second kappa shape index (κ2) is 7.46. The summed E-state index contributed by atoms with van der Waals surface area (Å²) in [6.45, 7) is 5.58. The maximum absolute atomic E-state index is 3.73. The Bertz CT molecular complexity index is 449. The second-order valence-corrected chi connectivity index (χ2v) is 5.85. The zero-order valence-electron chi connectivity index (χ0n) is 11.8. The van der Waals surface area contributed by atoms with Gasteiger partial charge in [-0.25, -0.2) is 0 Å². The molecule has 0 saturated heterocycles. The first-order chi connectivity index (χ1) is 9.36. The van der Waals surface area contributed by atoms with E-state index in [1.807, 2.05) is 11.3 Å². The van der Waals surface area contributed by atoms with E-state index in [0.29, 0.717) is 12.0 Å². The lowest BCUT2D eigenvalue weighted by atomic mass is 9.88. The van der Waals surface area contributed by atoms with Crippen molar-refractivity contribution in [3.8, 4) is 0 Å². The van der Waals surface area contributed by atoms with Gasteiger partial charge in [-0.1, -0.05) is 50.2 Å². The number of rotatable bonds is 7. The van der Waals surface area contributed by atoms with Crippen LogP contribution in [0.3, 0.4) is 0 Å². The van der Waals surface area contributed by atoms with E-state index in [2.05, 4.69) is 67.0 Å². The SMILES string of the molecule is CCCNC(c1cccs1)C(CC)c1ccccc1. The summed E-state index contributed by atoms with van der Waals surface area (Å²) in [6, 6.07) is 15.7. The molecular formula is C17H23NS. The van der Waals surface area contributed by atoms with Crippen LogP contribution in [-0.4, -0.2) is 6.54 Å². The van der Waals surface area contributed by atoms with Gasteiger partial charge in [0.15, 0.2) is 0 Å². The topological polar surface area (TPSA) is 12.0 Å². The molecule has 1 nitrogen and oxygen atoms in total. The fourth-order valence-electron chi connectivity index (χ4n) is 2.57. The van der Waals surface area contributed by atoms with Gasteiger partial charge >= 0.3 is 0 Å². The Kier molecular flexibility index (Phi) is 5.62. The van der Waals surface area contributed by atoms with Crippen molar-refractivity contribution in [2.45, 2.75) is 38.6 Å². The first kappa shape index (κ1) is 14.3. The molecule has 1 aromatic heterocycles. The van der Waals surface area contributed by atoms with Crippen molar-refractivity contribution in [3.63, 3.8) is 0 Å². The molecule has 0 amide bonds. The van der Waals surface area contributed by atoms with Crippen LogP contribution < -0.4 is 5.32 Å². The molecule has 0 bridgehead atoms. The van der Waals surface area contributed by atoms with Gasteiger partial charge in [-0.2, -0.15) is 0 Å². The van der Waals surface area contributed by atoms with Crippen LogP contribution in [0, 0.1) is 0 Å². The molecule has 0 radical (unpaired) electrons. The van der Waals surface area contributed by atoms with E-state index >= 15 is 0 Å². The lowest BCUT2D eigenvalue weighted by molar-refractivity contribution is 0.441. The quantitative estimate of drug-likeness (QED) is 0.750. The van der Waals surface area contributed by atoms with Gasteiger partial charge in [0, 0.05) is 16.8 Å². The van der Waals surface area contributed by atoms with Gasteiger partial charge in [-0.15, -0.1) is 11.3 Å². The third-order valence-electron chi connectivity index (χ3n) is 3.53. The highest BCUT2D eigenvalue weighted by Crippen LogP contribution is 2.35. The van der Waals surface area contributed by atoms with Gasteiger partial charge in [-0.3, -0.25) is 0 Å². The lowest BCUT2D eigenvalue weighted by Gasteiger charge is -2.27. The average molecular weight is 273 g/mol. The molecule has 2 atom stereocenters.